The van der Waals surface area contributed by atoms with Gasteiger partial charge in [0.15, 0.2) is 0 Å². The second-order valence-electron chi connectivity index (χ2n) is 5.21. The number of carbonyl (C=O) groups is 1. The van der Waals surface area contributed by atoms with E-state index in [4.69, 9.17) is 0 Å². The van der Waals surface area contributed by atoms with Gasteiger partial charge in [0.05, 0.1) is 6.10 Å². The van der Waals surface area contributed by atoms with Crippen molar-refractivity contribution < 1.29 is 54.1 Å². The molecule has 25 heavy (non-hydrogen) atoms. The molecule has 0 aliphatic rings. The summed E-state index contributed by atoms with van der Waals surface area (Å²) in [5, 5.41) is 29.5. The van der Waals surface area contributed by atoms with Crippen LogP contribution in [0, 0.1) is 17.7 Å². The van der Waals surface area contributed by atoms with Gasteiger partial charge in [-0.25, -0.2) is 4.39 Å². The minimum atomic E-state index is -1.14. The Hall–Kier alpha value is -1.42. The van der Waals surface area contributed by atoms with E-state index in [1.54, 1.807) is 30.4 Å². The first kappa shape index (κ1) is 23.6. The van der Waals surface area contributed by atoms with Crippen molar-refractivity contribution >= 4 is 5.97 Å². The molecule has 0 saturated carbocycles. The van der Waals surface area contributed by atoms with Gasteiger partial charge in [0, 0.05) is 12.4 Å². The molecule has 0 fully saturated rings. The second kappa shape index (κ2) is 13.8. The van der Waals surface area contributed by atoms with Crippen LogP contribution in [0.5, 0.6) is 0 Å². The molecule has 2 atom stereocenters. The number of halogens is 1. The molecule has 2 N–H and O–H groups in total. The summed E-state index contributed by atoms with van der Waals surface area (Å²) in [6.07, 6.45) is 5.67. The first-order valence-electron chi connectivity index (χ1n) is 7.62. The van der Waals surface area contributed by atoms with Crippen molar-refractivity contribution in [2.45, 2.75) is 37.9 Å². The van der Waals surface area contributed by atoms with Crippen molar-refractivity contribution in [3.05, 3.63) is 60.0 Å². The molecule has 1 aromatic carbocycles. The number of rotatable bonds is 8. The zero-order valence-electron chi connectivity index (χ0n) is 14.2. The van der Waals surface area contributed by atoms with Gasteiger partial charge in [-0.1, -0.05) is 42.2 Å². The molecule has 0 amide bonds. The van der Waals surface area contributed by atoms with Crippen LogP contribution >= 0.6 is 0 Å². The predicted octanol–water partition coefficient (Wildman–Crippen LogP) is -1.87. The summed E-state index contributed by atoms with van der Waals surface area (Å²) in [6.45, 7) is 0. The van der Waals surface area contributed by atoms with Gasteiger partial charge < -0.3 is 20.1 Å². The molecule has 6 heteroatoms. The maximum absolute atomic E-state index is 12.8. The largest absolute Gasteiger partial charge is 1.00 e. The Balaban J connectivity index is 0.00000576. The molecule has 1 rings (SSSR count). The van der Waals surface area contributed by atoms with E-state index in [0.717, 1.165) is 5.56 Å². The summed E-state index contributed by atoms with van der Waals surface area (Å²) < 4.78 is 12.8. The van der Waals surface area contributed by atoms with E-state index >= 15 is 0 Å². The molecule has 0 bridgehead atoms. The fourth-order valence-electron chi connectivity index (χ4n) is 1.88. The van der Waals surface area contributed by atoms with Gasteiger partial charge in [-0.3, -0.25) is 0 Å². The molecule has 0 heterocycles. The predicted molar refractivity (Wildman–Crippen MR) is 87.0 cm³/mol. The summed E-state index contributed by atoms with van der Waals surface area (Å²) in [7, 11) is 0. The molecule has 0 saturated heterocycles. The topological polar surface area (TPSA) is 80.6 Å². The standard InChI is InChI=1S/C19H21FO4.Na/c20-16-12-10-15(11-13-16)14-18(22)7-4-2-1-3-6-17(21)8-5-9-19(23)24;/h1-2,4,7,10-13,17-18,21-22H,5,8-9,14H2,(H,23,24);/q;+1/p-1/b2-1+,7-4+;/t17-,18+;/m1./s1. The number of hydrogen-bond acceptors (Lipinski definition) is 4. The average molecular weight is 354 g/mol. The number of aliphatic carboxylic acids is 1. The van der Waals surface area contributed by atoms with Crippen LogP contribution in [0.3, 0.4) is 0 Å². The van der Waals surface area contributed by atoms with Crippen LogP contribution in [0.15, 0.2) is 48.6 Å². The fraction of sp³-hybridized carbons (Fsp3) is 0.316. The van der Waals surface area contributed by atoms with Crippen LogP contribution < -0.4 is 34.7 Å². The van der Waals surface area contributed by atoms with Crippen molar-refractivity contribution in [1.29, 1.82) is 0 Å². The van der Waals surface area contributed by atoms with E-state index in [-0.39, 0.29) is 48.2 Å². The summed E-state index contributed by atoms with van der Waals surface area (Å²) >= 11 is 0. The second-order valence-corrected chi connectivity index (χ2v) is 5.21. The Bertz CT molecular complexity index is 629. The molecule has 0 aromatic heterocycles. The molecule has 0 aliphatic carbocycles. The Labute approximate surface area is 169 Å². The molecule has 128 valence electrons. The van der Waals surface area contributed by atoms with Crippen LogP contribution in [-0.4, -0.2) is 28.4 Å². The van der Waals surface area contributed by atoms with Gasteiger partial charge in [-0.2, -0.15) is 0 Å². The van der Waals surface area contributed by atoms with Crippen molar-refractivity contribution in [3.63, 3.8) is 0 Å². The third-order valence-corrected chi connectivity index (χ3v) is 3.09. The van der Waals surface area contributed by atoms with Gasteiger partial charge in [-0.05, 0) is 43.0 Å². The molecule has 0 spiro atoms. The van der Waals surface area contributed by atoms with Crippen molar-refractivity contribution in [1.82, 2.24) is 0 Å². The van der Waals surface area contributed by atoms with Gasteiger partial charge in [0.25, 0.3) is 0 Å². The minimum Gasteiger partial charge on any atom is -0.550 e. The summed E-state index contributed by atoms with van der Waals surface area (Å²) in [4.78, 5) is 10.2. The van der Waals surface area contributed by atoms with E-state index in [1.165, 1.54) is 18.2 Å². The van der Waals surface area contributed by atoms with Gasteiger partial charge in [0.1, 0.15) is 11.9 Å². The zero-order chi connectivity index (χ0) is 17.8. The van der Waals surface area contributed by atoms with Crippen molar-refractivity contribution in [3.8, 4) is 11.8 Å². The maximum Gasteiger partial charge on any atom is 1.00 e. The Morgan fingerprint density at radius 2 is 1.92 bits per heavy atom. The van der Waals surface area contributed by atoms with Crippen LogP contribution in [0.4, 0.5) is 4.39 Å². The van der Waals surface area contributed by atoms with E-state index in [1.807, 2.05) is 0 Å². The Kier molecular flexibility index (Phi) is 13.0. The Morgan fingerprint density at radius 3 is 2.56 bits per heavy atom. The number of carbonyl (C=O) groups excluding carboxylic acids is 1. The van der Waals surface area contributed by atoms with Gasteiger partial charge >= 0.3 is 29.6 Å². The van der Waals surface area contributed by atoms with Crippen LogP contribution in [0.1, 0.15) is 24.8 Å². The first-order chi connectivity index (χ1) is 11.5. The van der Waals surface area contributed by atoms with Crippen molar-refractivity contribution in [2.24, 2.45) is 0 Å². The quantitative estimate of drug-likeness (QED) is 0.326. The number of aliphatic hydroxyl groups excluding tert-OH is 2. The third-order valence-electron chi connectivity index (χ3n) is 3.09. The van der Waals surface area contributed by atoms with E-state index in [0.29, 0.717) is 12.8 Å². The smallest absolute Gasteiger partial charge is 0.550 e. The average Bonchev–Trinajstić information content (AvgIpc) is 2.52. The number of carboxylic acids is 1. The molecular weight excluding hydrogens is 334 g/mol. The number of hydrogen-bond donors (Lipinski definition) is 2. The molecule has 0 radical (unpaired) electrons. The molecule has 0 aliphatic heterocycles. The van der Waals surface area contributed by atoms with E-state index in [2.05, 4.69) is 11.8 Å². The van der Waals surface area contributed by atoms with Gasteiger partial charge in [-0.15, -0.1) is 0 Å². The number of aliphatic hydroxyl groups is 2. The monoisotopic (exact) mass is 354 g/mol. The maximum atomic E-state index is 12.8. The molecule has 0 unspecified atom stereocenters. The van der Waals surface area contributed by atoms with Gasteiger partial charge in [0.2, 0.25) is 0 Å². The first-order valence-corrected chi connectivity index (χ1v) is 7.62. The number of benzene rings is 1. The van der Waals surface area contributed by atoms with E-state index in [9.17, 15) is 24.5 Å². The normalized spacial score (nSPS) is 13.1. The fourth-order valence-corrected chi connectivity index (χ4v) is 1.88. The Morgan fingerprint density at radius 1 is 1.24 bits per heavy atom. The zero-order valence-corrected chi connectivity index (χ0v) is 16.2. The number of carboxylic acid groups (broad SMARTS) is 1. The SMILES string of the molecule is O=C([O-])CCC[C@H](O)C#C/C=C/C=C/[C@H](O)Cc1ccc(F)cc1.[Na+]. The van der Waals surface area contributed by atoms with Crippen LogP contribution in [0.2, 0.25) is 0 Å². The summed E-state index contributed by atoms with van der Waals surface area (Å²) in [5.41, 5.74) is 0.831. The molecule has 1 aromatic rings. The molecular formula is C19H20FNaO4. The number of allylic oxidation sites excluding steroid dienone is 3. The summed E-state index contributed by atoms with van der Waals surface area (Å²) in [5.74, 6) is 3.75. The van der Waals surface area contributed by atoms with Crippen molar-refractivity contribution in [2.75, 3.05) is 0 Å². The van der Waals surface area contributed by atoms with E-state index < -0.39 is 18.2 Å². The van der Waals surface area contributed by atoms with Crippen LogP contribution in [-0.2, 0) is 11.2 Å². The summed E-state index contributed by atoms with van der Waals surface area (Å²) in [6, 6.07) is 5.93. The molecule has 4 nitrogen and oxygen atoms in total. The third kappa shape index (κ3) is 12.6. The van der Waals surface area contributed by atoms with Crippen LogP contribution in [0.25, 0.3) is 0 Å². The minimum absolute atomic E-state index is 0.